The summed E-state index contributed by atoms with van der Waals surface area (Å²) in [5.74, 6) is 0. The highest BCUT2D eigenvalue weighted by Crippen LogP contribution is 2.30. The van der Waals surface area contributed by atoms with E-state index in [0.717, 1.165) is 12.8 Å². The van der Waals surface area contributed by atoms with Crippen LogP contribution in [0.3, 0.4) is 0 Å². The van der Waals surface area contributed by atoms with Gasteiger partial charge in [-0.1, -0.05) is 0 Å². The van der Waals surface area contributed by atoms with E-state index in [1.807, 2.05) is 0 Å². The maximum absolute atomic E-state index is 9.79. The van der Waals surface area contributed by atoms with Crippen LogP contribution in [0.1, 0.15) is 32.6 Å². The van der Waals surface area contributed by atoms with E-state index in [2.05, 4.69) is 0 Å². The van der Waals surface area contributed by atoms with Crippen LogP contribution in [0.25, 0.3) is 0 Å². The van der Waals surface area contributed by atoms with Gasteiger partial charge in [-0.15, -0.1) is 0 Å². The fourth-order valence-corrected chi connectivity index (χ4v) is 1.71. The van der Waals surface area contributed by atoms with E-state index < -0.39 is 11.7 Å². The van der Waals surface area contributed by atoms with Crippen molar-refractivity contribution in [3.05, 3.63) is 0 Å². The van der Waals surface area contributed by atoms with Crippen LogP contribution >= 0.6 is 0 Å². The molecule has 1 fully saturated rings. The summed E-state index contributed by atoms with van der Waals surface area (Å²) >= 11 is 0. The first kappa shape index (κ1) is 8.97. The average molecular weight is 159 g/mol. The Morgan fingerprint density at radius 1 is 1.64 bits per heavy atom. The molecule has 3 heteroatoms. The lowest BCUT2D eigenvalue weighted by Gasteiger charge is -2.37. The molecule has 0 spiro atoms. The SMILES string of the molecule is CC(O)C1(O)CCCC(N)C1. The molecule has 3 atom stereocenters. The molecule has 1 aliphatic rings. The van der Waals surface area contributed by atoms with Gasteiger partial charge in [0.1, 0.15) is 0 Å². The molecular weight excluding hydrogens is 142 g/mol. The van der Waals surface area contributed by atoms with Crippen molar-refractivity contribution in [3.63, 3.8) is 0 Å². The average Bonchev–Trinajstić information content (AvgIpc) is 1.86. The van der Waals surface area contributed by atoms with Crippen LogP contribution in [-0.2, 0) is 0 Å². The van der Waals surface area contributed by atoms with Gasteiger partial charge in [-0.3, -0.25) is 0 Å². The summed E-state index contributed by atoms with van der Waals surface area (Å²) < 4.78 is 0. The molecule has 1 rings (SSSR count). The number of rotatable bonds is 1. The molecule has 0 aromatic carbocycles. The van der Waals surface area contributed by atoms with Crippen LogP contribution in [0.15, 0.2) is 0 Å². The molecule has 3 unspecified atom stereocenters. The van der Waals surface area contributed by atoms with E-state index in [-0.39, 0.29) is 6.04 Å². The Morgan fingerprint density at radius 2 is 2.27 bits per heavy atom. The van der Waals surface area contributed by atoms with Gasteiger partial charge in [-0.05, 0) is 32.6 Å². The van der Waals surface area contributed by atoms with E-state index in [1.165, 1.54) is 0 Å². The van der Waals surface area contributed by atoms with Gasteiger partial charge >= 0.3 is 0 Å². The van der Waals surface area contributed by atoms with Crippen LogP contribution in [0.5, 0.6) is 0 Å². The number of aliphatic hydroxyl groups is 2. The second kappa shape index (κ2) is 3.09. The minimum Gasteiger partial charge on any atom is -0.390 e. The van der Waals surface area contributed by atoms with E-state index in [4.69, 9.17) is 5.73 Å². The van der Waals surface area contributed by atoms with Crippen molar-refractivity contribution in [1.82, 2.24) is 0 Å². The molecule has 1 saturated carbocycles. The van der Waals surface area contributed by atoms with E-state index in [0.29, 0.717) is 12.8 Å². The predicted molar refractivity (Wildman–Crippen MR) is 43.1 cm³/mol. The molecule has 0 bridgehead atoms. The first-order chi connectivity index (χ1) is 5.04. The Hall–Kier alpha value is -0.120. The molecule has 0 aromatic rings. The highest BCUT2D eigenvalue weighted by atomic mass is 16.3. The third-order valence-electron chi connectivity index (χ3n) is 2.58. The van der Waals surface area contributed by atoms with Gasteiger partial charge in [0.25, 0.3) is 0 Å². The Kier molecular flexibility index (Phi) is 2.52. The zero-order valence-electron chi connectivity index (χ0n) is 6.95. The lowest BCUT2D eigenvalue weighted by Crippen LogP contribution is -2.48. The van der Waals surface area contributed by atoms with Crippen molar-refractivity contribution in [3.8, 4) is 0 Å². The Labute approximate surface area is 67.2 Å². The second-order valence-electron chi connectivity index (χ2n) is 3.64. The summed E-state index contributed by atoms with van der Waals surface area (Å²) in [5, 5.41) is 19.0. The van der Waals surface area contributed by atoms with Crippen LogP contribution < -0.4 is 5.73 Å². The first-order valence-corrected chi connectivity index (χ1v) is 4.20. The molecule has 4 N–H and O–H groups in total. The fraction of sp³-hybridized carbons (Fsp3) is 1.00. The van der Waals surface area contributed by atoms with E-state index >= 15 is 0 Å². The van der Waals surface area contributed by atoms with Gasteiger partial charge in [-0.2, -0.15) is 0 Å². The van der Waals surface area contributed by atoms with Crippen LogP contribution in [0.2, 0.25) is 0 Å². The third kappa shape index (κ3) is 1.92. The number of aliphatic hydroxyl groups excluding tert-OH is 1. The molecule has 3 nitrogen and oxygen atoms in total. The van der Waals surface area contributed by atoms with Crippen molar-refractivity contribution in [1.29, 1.82) is 0 Å². The normalized spacial score (nSPS) is 42.0. The molecule has 11 heavy (non-hydrogen) atoms. The maximum Gasteiger partial charge on any atom is 0.0917 e. The third-order valence-corrected chi connectivity index (χ3v) is 2.58. The summed E-state index contributed by atoms with van der Waals surface area (Å²) in [4.78, 5) is 0. The summed E-state index contributed by atoms with van der Waals surface area (Å²) in [6.07, 6.45) is 2.44. The number of nitrogens with two attached hydrogens (primary N) is 1. The molecule has 0 saturated heterocycles. The Balaban J connectivity index is 2.55. The minimum atomic E-state index is -0.919. The van der Waals surface area contributed by atoms with Gasteiger partial charge in [0.15, 0.2) is 0 Å². The quantitative estimate of drug-likeness (QED) is 0.504. The van der Waals surface area contributed by atoms with Crippen LogP contribution in [-0.4, -0.2) is 28.0 Å². The van der Waals surface area contributed by atoms with Crippen molar-refractivity contribution >= 4 is 0 Å². The van der Waals surface area contributed by atoms with Crippen LogP contribution in [0, 0.1) is 0 Å². The summed E-state index contributed by atoms with van der Waals surface area (Å²) in [6, 6.07) is 0.0587. The van der Waals surface area contributed by atoms with E-state index in [1.54, 1.807) is 6.92 Å². The topological polar surface area (TPSA) is 66.5 Å². The van der Waals surface area contributed by atoms with Crippen molar-refractivity contribution in [2.75, 3.05) is 0 Å². The monoisotopic (exact) mass is 159 g/mol. The Morgan fingerprint density at radius 3 is 2.64 bits per heavy atom. The molecule has 66 valence electrons. The molecule has 0 amide bonds. The summed E-state index contributed by atoms with van der Waals surface area (Å²) in [5.41, 5.74) is 4.76. The van der Waals surface area contributed by atoms with Gasteiger partial charge in [0.2, 0.25) is 0 Å². The highest BCUT2D eigenvalue weighted by Gasteiger charge is 2.36. The second-order valence-corrected chi connectivity index (χ2v) is 3.64. The summed E-state index contributed by atoms with van der Waals surface area (Å²) in [7, 11) is 0. The largest absolute Gasteiger partial charge is 0.390 e. The lowest BCUT2D eigenvalue weighted by atomic mass is 9.79. The smallest absolute Gasteiger partial charge is 0.0917 e. The standard InChI is InChI=1S/C8H17NO2/c1-6(10)8(11)4-2-3-7(9)5-8/h6-7,10-11H,2-5,9H2,1H3. The van der Waals surface area contributed by atoms with Gasteiger partial charge in [0.05, 0.1) is 11.7 Å². The highest BCUT2D eigenvalue weighted by molar-refractivity contribution is 4.91. The van der Waals surface area contributed by atoms with Crippen LogP contribution in [0.4, 0.5) is 0 Å². The molecular formula is C8H17NO2. The maximum atomic E-state index is 9.79. The Bertz CT molecular complexity index is 138. The zero-order chi connectivity index (χ0) is 8.48. The lowest BCUT2D eigenvalue weighted by molar-refractivity contribution is -0.0922. The fourth-order valence-electron chi connectivity index (χ4n) is 1.71. The zero-order valence-corrected chi connectivity index (χ0v) is 6.95. The van der Waals surface area contributed by atoms with Crippen molar-refractivity contribution < 1.29 is 10.2 Å². The van der Waals surface area contributed by atoms with E-state index in [9.17, 15) is 10.2 Å². The molecule has 1 aliphatic carbocycles. The van der Waals surface area contributed by atoms with Crippen molar-refractivity contribution in [2.45, 2.75) is 50.4 Å². The molecule has 0 heterocycles. The van der Waals surface area contributed by atoms with Crippen molar-refractivity contribution in [2.24, 2.45) is 5.73 Å². The van der Waals surface area contributed by atoms with Gasteiger partial charge in [-0.25, -0.2) is 0 Å². The summed E-state index contributed by atoms with van der Waals surface area (Å²) in [6.45, 7) is 1.62. The minimum absolute atomic E-state index is 0.0587. The molecule has 0 aliphatic heterocycles. The molecule has 0 aromatic heterocycles. The van der Waals surface area contributed by atoms with Gasteiger partial charge in [0, 0.05) is 6.04 Å². The molecule has 0 radical (unpaired) electrons. The predicted octanol–water partition coefficient (Wildman–Crippen LogP) is -0.000400. The van der Waals surface area contributed by atoms with Gasteiger partial charge < -0.3 is 15.9 Å². The number of hydrogen-bond donors (Lipinski definition) is 3. The first-order valence-electron chi connectivity index (χ1n) is 4.20. The number of hydrogen-bond acceptors (Lipinski definition) is 3.